The SMILES string of the molecule is CN(Cc1ccc(C(F)(F)F)c(F)c1)C1CN(C(=O)CCCCC(N)=O)CC1c1ccc(Cl)c(Cl)c1. The van der Waals surface area contributed by atoms with E-state index in [-0.39, 0.29) is 37.3 Å². The van der Waals surface area contributed by atoms with Crippen LogP contribution in [0.4, 0.5) is 17.6 Å². The number of nitrogens with two attached hydrogens (primary N) is 1. The Bertz CT molecular complexity index is 1110. The van der Waals surface area contributed by atoms with Gasteiger partial charge in [-0.1, -0.05) is 35.3 Å². The first-order chi connectivity index (χ1) is 16.9. The monoisotopic (exact) mass is 547 g/mol. The molecule has 1 fully saturated rings. The highest BCUT2D eigenvalue weighted by atomic mass is 35.5. The van der Waals surface area contributed by atoms with Gasteiger partial charge in [-0.05, 0) is 55.3 Å². The lowest BCUT2D eigenvalue weighted by Gasteiger charge is -2.29. The second-order valence-electron chi connectivity index (χ2n) is 9.05. The smallest absolute Gasteiger partial charge is 0.370 e. The summed E-state index contributed by atoms with van der Waals surface area (Å²) in [6, 6.07) is 7.94. The number of benzene rings is 2. The normalized spacial score (nSPS) is 18.2. The first kappa shape index (κ1) is 28.2. The van der Waals surface area contributed by atoms with Crippen LogP contribution in [-0.4, -0.2) is 47.8 Å². The topological polar surface area (TPSA) is 66.6 Å². The molecule has 0 radical (unpaired) electrons. The number of rotatable bonds is 9. The molecule has 3 rings (SSSR count). The molecule has 0 saturated carbocycles. The number of likely N-dealkylation sites (N-methyl/N-ethyl adjacent to an activating group) is 1. The number of nitrogens with zero attached hydrogens (tertiary/aromatic N) is 2. The summed E-state index contributed by atoms with van der Waals surface area (Å²) in [6.45, 7) is 0.959. The molecule has 196 valence electrons. The van der Waals surface area contributed by atoms with Crippen LogP contribution >= 0.6 is 23.2 Å². The van der Waals surface area contributed by atoms with E-state index in [9.17, 15) is 27.2 Å². The number of hydrogen-bond acceptors (Lipinski definition) is 3. The lowest BCUT2D eigenvalue weighted by molar-refractivity contribution is -0.140. The third kappa shape index (κ3) is 7.11. The van der Waals surface area contributed by atoms with Gasteiger partial charge in [0.2, 0.25) is 11.8 Å². The Kier molecular flexibility index (Phi) is 9.24. The minimum atomic E-state index is -4.77. The molecular formula is C25H27Cl2F4N3O2. The van der Waals surface area contributed by atoms with Crippen molar-refractivity contribution in [3.63, 3.8) is 0 Å². The highest BCUT2D eigenvalue weighted by Crippen LogP contribution is 2.36. The van der Waals surface area contributed by atoms with Crippen molar-refractivity contribution in [2.75, 3.05) is 20.1 Å². The van der Waals surface area contributed by atoms with E-state index in [1.165, 1.54) is 6.07 Å². The van der Waals surface area contributed by atoms with Crippen LogP contribution in [-0.2, 0) is 22.3 Å². The molecule has 0 aromatic heterocycles. The molecule has 2 aromatic rings. The van der Waals surface area contributed by atoms with E-state index in [1.807, 2.05) is 11.0 Å². The Hall–Kier alpha value is -2.36. The molecule has 1 aliphatic heterocycles. The average molecular weight is 548 g/mol. The quantitative estimate of drug-likeness (QED) is 0.327. The van der Waals surface area contributed by atoms with Gasteiger partial charge in [-0.25, -0.2) is 4.39 Å². The average Bonchev–Trinajstić information content (AvgIpc) is 3.23. The van der Waals surface area contributed by atoms with E-state index < -0.39 is 23.5 Å². The fraction of sp³-hybridized carbons (Fsp3) is 0.440. The molecule has 0 spiro atoms. The summed E-state index contributed by atoms with van der Waals surface area (Å²) >= 11 is 12.3. The van der Waals surface area contributed by atoms with Crippen molar-refractivity contribution in [3.8, 4) is 0 Å². The van der Waals surface area contributed by atoms with Gasteiger partial charge in [-0.15, -0.1) is 0 Å². The molecule has 2 unspecified atom stereocenters. The number of likely N-dealkylation sites (tertiary alicyclic amines) is 1. The van der Waals surface area contributed by atoms with Crippen molar-refractivity contribution in [2.24, 2.45) is 5.73 Å². The Morgan fingerprint density at radius 3 is 2.36 bits per heavy atom. The predicted octanol–water partition coefficient (Wildman–Crippen LogP) is 5.62. The molecule has 5 nitrogen and oxygen atoms in total. The second-order valence-corrected chi connectivity index (χ2v) is 9.86. The Balaban J connectivity index is 1.78. The molecule has 0 bridgehead atoms. The third-order valence-corrected chi connectivity index (χ3v) is 7.15. The zero-order valence-corrected chi connectivity index (χ0v) is 21.1. The molecule has 2 amide bonds. The van der Waals surface area contributed by atoms with E-state index >= 15 is 0 Å². The first-order valence-electron chi connectivity index (χ1n) is 11.4. The molecule has 1 aliphatic rings. The van der Waals surface area contributed by atoms with Crippen LogP contribution in [0.15, 0.2) is 36.4 Å². The van der Waals surface area contributed by atoms with Crippen LogP contribution in [0.2, 0.25) is 10.0 Å². The number of amides is 2. The number of unbranched alkanes of at least 4 members (excludes halogenated alkanes) is 1. The van der Waals surface area contributed by atoms with E-state index in [0.717, 1.165) is 17.7 Å². The standard InChI is InChI=1S/C25H27Cl2F4N3O2/c1-33(12-15-6-8-18(21(28)10-15)25(29,30)31)22-14-34(24(36)5-3-2-4-23(32)35)13-17(22)16-7-9-19(26)20(27)11-16/h6-11,17,22H,2-5,12-14H2,1H3,(H2,32,35). The van der Waals surface area contributed by atoms with Crippen molar-refractivity contribution in [2.45, 2.75) is 50.4 Å². The van der Waals surface area contributed by atoms with Crippen LogP contribution in [0.25, 0.3) is 0 Å². The van der Waals surface area contributed by atoms with Gasteiger partial charge in [0.05, 0.1) is 15.6 Å². The minimum absolute atomic E-state index is 0.0685. The number of halogens is 6. The Morgan fingerprint density at radius 1 is 1.06 bits per heavy atom. The van der Waals surface area contributed by atoms with Crippen LogP contribution in [0, 0.1) is 5.82 Å². The number of primary amides is 1. The summed E-state index contributed by atoms with van der Waals surface area (Å²) in [5, 5.41) is 0.766. The number of alkyl halides is 3. The van der Waals surface area contributed by atoms with Crippen molar-refractivity contribution in [1.82, 2.24) is 9.80 Å². The summed E-state index contributed by atoms with van der Waals surface area (Å²) in [7, 11) is 1.78. The summed E-state index contributed by atoms with van der Waals surface area (Å²) in [4.78, 5) is 27.4. The highest BCUT2D eigenvalue weighted by molar-refractivity contribution is 6.42. The highest BCUT2D eigenvalue weighted by Gasteiger charge is 2.39. The van der Waals surface area contributed by atoms with Crippen molar-refractivity contribution in [3.05, 3.63) is 69.0 Å². The molecular weight excluding hydrogens is 521 g/mol. The Labute approximate surface area is 217 Å². The summed E-state index contributed by atoms with van der Waals surface area (Å²) < 4.78 is 52.9. The third-order valence-electron chi connectivity index (χ3n) is 6.41. The molecule has 2 atom stereocenters. The van der Waals surface area contributed by atoms with Gasteiger partial charge in [0.25, 0.3) is 0 Å². The number of carbonyl (C=O) groups is 2. The predicted molar refractivity (Wildman–Crippen MR) is 130 cm³/mol. The van der Waals surface area contributed by atoms with E-state index in [4.69, 9.17) is 28.9 Å². The summed E-state index contributed by atoms with van der Waals surface area (Å²) in [6.07, 6.45) is -3.23. The minimum Gasteiger partial charge on any atom is -0.370 e. The Morgan fingerprint density at radius 2 is 1.75 bits per heavy atom. The fourth-order valence-electron chi connectivity index (χ4n) is 4.53. The van der Waals surface area contributed by atoms with Crippen molar-refractivity contribution < 1.29 is 27.2 Å². The van der Waals surface area contributed by atoms with Crippen LogP contribution in [0.5, 0.6) is 0 Å². The fourth-order valence-corrected chi connectivity index (χ4v) is 4.84. The largest absolute Gasteiger partial charge is 0.419 e. The zero-order valence-electron chi connectivity index (χ0n) is 19.6. The van der Waals surface area contributed by atoms with Gasteiger partial charge in [0.1, 0.15) is 5.82 Å². The lowest BCUT2D eigenvalue weighted by atomic mass is 9.93. The maximum Gasteiger partial charge on any atom is 0.419 e. The van der Waals surface area contributed by atoms with Crippen LogP contribution < -0.4 is 5.73 Å². The molecule has 0 aliphatic carbocycles. The van der Waals surface area contributed by atoms with Crippen molar-refractivity contribution >= 4 is 35.0 Å². The maximum atomic E-state index is 14.1. The van der Waals surface area contributed by atoms with E-state index in [2.05, 4.69) is 0 Å². The molecule has 1 heterocycles. The summed E-state index contributed by atoms with van der Waals surface area (Å²) in [5.41, 5.74) is 5.09. The van der Waals surface area contributed by atoms with E-state index in [1.54, 1.807) is 24.1 Å². The first-order valence-corrected chi connectivity index (χ1v) is 12.2. The molecule has 11 heteroatoms. The van der Waals surface area contributed by atoms with Gasteiger partial charge >= 0.3 is 6.18 Å². The molecule has 1 saturated heterocycles. The zero-order chi connectivity index (χ0) is 26.6. The van der Waals surface area contributed by atoms with Gasteiger partial charge in [0.15, 0.2) is 0 Å². The lowest BCUT2D eigenvalue weighted by Crippen LogP contribution is -2.38. The molecule has 36 heavy (non-hydrogen) atoms. The van der Waals surface area contributed by atoms with E-state index in [0.29, 0.717) is 41.5 Å². The van der Waals surface area contributed by atoms with Gasteiger partial charge < -0.3 is 10.6 Å². The van der Waals surface area contributed by atoms with Crippen LogP contribution in [0.1, 0.15) is 48.3 Å². The maximum absolute atomic E-state index is 14.1. The molecule has 2 aromatic carbocycles. The number of carbonyl (C=O) groups excluding carboxylic acids is 2. The van der Waals surface area contributed by atoms with Crippen molar-refractivity contribution in [1.29, 1.82) is 0 Å². The van der Waals surface area contributed by atoms with Gasteiger partial charge in [-0.3, -0.25) is 14.5 Å². The number of hydrogen-bond donors (Lipinski definition) is 1. The van der Waals surface area contributed by atoms with Crippen LogP contribution in [0.3, 0.4) is 0 Å². The van der Waals surface area contributed by atoms with Gasteiger partial charge in [-0.2, -0.15) is 13.2 Å². The van der Waals surface area contributed by atoms with Gasteiger partial charge in [0, 0.05) is 44.4 Å². The summed E-state index contributed by atoms with van der Waals surface area (Å²) in [5.74, 6) is -1.96. The molecule has 2 N–H and O–H groups in total. The second kappa shape index (κ2) is 11.8.